The van der Waals surface area contributed by atoms with Crippen molar-refractivity contribution >= 4 is 92.8 Å². The van der Waals surface area contributed by atoms with Crippen molar-refractivity contribution in [1.29, 1.82) is 0 Å². The Morgan fingerprint density at radius 1 is 0.604 bits per heavy atom. The van der Waals surface area contributed by atoms with Gasteiger partial charge >= 0.3 is 5.97 Å². The number of fused-ring (bicyclic) bond motifs is 2. The highest BCUT2D eigenvalue weighted by atomic mass is 16.4. The fraction of sp³-hybridized carbons (Fsp3) is 0.424. The highest BCUT2D eigenvalue weighted by Crippen LogP contribution is 2.23. The Balaban J connectivity index is 1.01. The summed E-state index contributed by atoms with van der Waals surface area (Å²) in [6.07, 6.45) is 8.31. The van der Waals surface area contributed by atoms with Gasteiger partial charge in [-0.25, -0.2) is 9.97 Å². The average molecular weight is 1260 g/mol. The number of aliphatic hydroxyl groups is 1. The van der Waals surface area contributed by atoms with Crippen LogP contribution in [0.1, 0.15) is 73.9 Å². The Morgan fingerprint density at radius 3 is 1.59 bits per heavy atom. The number of likely N-dealkylation sites (tertiary alicyclic amines) is 1. The molecule has 32 nitrogen and oxygen atoms in total. The molecule has 6 aromatic rings. The van der Waals surface area contributed by atoms with Crippen molar-refractivity contribution in [3.05, 3.63) is 108 Å². The molecule has 0 saturated carbocycles. The minimum atomic E-state index is -1.96. The molecule has 0 aliphatic carbocycles. The number of para-hydroxylation sites is 2. The van der Waals surface area contributed by atoms with E-state index < -0.39 is 145 Å². The maximum Gasteiger partial charge on any atom is 0.305 e. The zero-order valence-electron chi connectivity index (χ0n) is 49.4. The van der Waals surface area contributed by atoms with E-state index in [0.29, 0.717) is 57.9 Å². The highest BCUT2D eigenvalue weighted by molar-refractivity contribution is 6.00. The Hall–Kier alpha value is -10.5. The number of hydrogen-bond acceptors (Lipinski definition) is 16. The van der Waals surface area contributed by atoms with Crippen molar-refractivity contribution in [2.24, 2.45) is 11.5 Å². The Labute approximate surface area is 519 Å². The molecule has 484 valence electrons. The van der Waals surface area contributed by atoms with Crippen LogP contribution in [0.2, 0.25) is 0 Å². The van der Waals surface area contributed by atoms with E-state index in [2.05, 4.69) is 77.8 Å². The summed E-state index contributed by atoms with van der Waals surface area (Å²) >= 11 is 0. The number of carboxylic acid groups (broad SMARTS) is 1. The predicted octanol–water partition coefficient (Wildman–Crippen LogP) is -3.77. The molecule has 2 aliphatic rings. The molecule has 0 unspecified atom stereocenters. The number of aromatic nitrogens is 6. The lowest BCUT2D eigenvalue weighted by molar-refractivity contribution is -0.143. The van der Waals surface area contributed by atoms with Gasteiger partial charge in [-0.3, -0.25) is 57.5 Å². The van der Waals surface area contributed by atoms with Gasteiger partial charge in [-0.2, -0.15) is 0 Å². The van der Waals surface area contributed by atoms with Crippen LogP contribution in [0.4, 0.5) is 0 Å². The smallest absolute Gasteiger partial charge is 0.305 e. The average Bonchev–Trinajstić information content (AvgIpc) is 1.91. The second kappa shape index (κ2) is 31.6. The van der Waals surface area contributed by atoms with Gasteiger partial charge in [0.25, 0.3) is 0 Å². The Kier molecular flexibility index (Phi) is 23.1. The van der Waals surface area contributed by atoms with E-state index in [-0.39, 0.29) is 69.6 Å². The normalized spacial score (nSPS) is 16.9. The molecule has 0 radical (unpaired) electrons. The first kappa shape index (κ1) is 66.5. The first-order valence-corrected chi connectivity index (χ1v) is 29.6. The number of hydrogen-bond donors (Lipinski definition) is 17. The number of carboxylic acids is 1. The zero-order chi connectivity index (χ0) is 65.1. The number of aromatic amines is 4. The van der Waals surface area contributed by atoms with Crippen molar-refractivity contribution in [3.8, 4) is 0 Å². The number of carbonyl (C=O) groups is 12. The number of amides is 11. The number of rotatable bonds is 33. The van der Waals surface area contributed by atoms with Crippen LogP contribution in [-0.2, 0) is 83.2 Å². The van der Waals surface area contributed by atoms with Gasteiger partial charge in [0.05, 0.1) is 32.2 Å². The minimum absolute atomic E-state index is 0.0461. The SMILES string of the molecule is NCCCC[C@H](NC(=O)[C@H](Cc1c[nH]c2ccccc12)NC(=O)[C@H](CC(=O)O)NC(=O)[C@H](Cc1cnc[nH]1)NC(=O)[C@H](CO)NC(=O)[C@H](Cc1c[nH]c2ccccc12)NC(=O)[C@H](Cc1cnc[nH]1)NC(=O)[C@@H]1CCC(=O)N1)C(=O)N1CCC[C@H]1C(=O)NCC(N)=O. The zero-order valence-corrected chi connectivity index (χ0v) is 49.4. The summed E-state index contributed by atoms with van der Waals surface area (Å²) in [5.74, 6) is -10.9. The summed E-state index contributed by atoms with van der Waals surface area (Å²) < 4.78 is 0. The van der Waals surface area contributed by atoms with Crippen molar-refractivity contribution in [2.45, 2.75) is 131 Å². The summed E-state index contributed by atoms with van der Waals surface area (Å²) in [5.41, 5.74) is 14.1. The topological polar surface area (TPSA) is 498 Å². The van der Waals surface area contributed by atoms with Crippen molar-refractivity contribution < 1.29 is 67.7 Å². The fourth-order valence-corrected chi connectivity index (χ4v) is 11.0. The lowest BCUT2D eigenvalue weighted by Crippen LogP contribution is -2.61. The van der Waals surface area contributed by atoms with Gasteiger partial charge in [-0.1, -0.05) is 36.4 Å². The first-order valence-electron chi connectivity index (χ1n) is 29.6. The third-order valence-corrected chi connectivity index (χ3v) is 15.7. The van der Waals surface area contributed by atoms with Gasteiger partial charge in [0.1, 0.15) is 54.4 Å². The third-order valence-electron chi connectivity index (χ3n) is 15.7. The van der Waals surface area contributed by atoms with Crippen LogP contribution in [0.5, 0.6) is 0 Å². The molecule has 2 fully saturated rings. The van der Waals surface area contributed by atoms with E-state index in [1.54, 1.807) is 60.9 Å². The fourth-order valence-electron chi connectivity index (χ4n) is 11.0. The number of aliphatic hydroxyl groups excluding tert-OH is 1. The van der Waals surface area contributed by atoms with Crippen molar-refractivity contribution in [3.63, 3.8) is 0 Å². The van der Waals surface area contributed by atoms with Crippen LogP contribution in [-0.4, -0.2) is 197 Å². The molecule has 9 atom stereocenters. The molecule has 91 heavy (non-hydrogen) atoms. The monoisotopic (exact) mass is 1260 g/mol. The summed E-state index contributed by atoms with van der Waals surface area (Å²) in [6.45, 7) is -1.17. The van der Waals surface area contributed by atoms with Crippen LogP contribution in [0.15, 0.2) is 86.0 Å². The molecule has 11 amide bonds. The van der Waals surface area contributed by atoms with E-state index in [0.717, 1.165) is 0 Å². The van der Waals surface area contributed by atoms with Crippen LogP contribution in [0, 0.1) is 0 Å². The number of benzene rings is 2. The molecule has 2 aliphatic heterocycles. The molecule has 6 heterocycles. The second-order valence-corrected chi connectivity index (χ2v) is 22.2. The molecule has 4 aromatic heterocycles. The summed E-state index contributed by atoms with van der Waals surface area (Å²) in [6, 6.07) is 0.988. The molecule has 0 spiro atoms. The van der Waals surface area contributed by atoms with Crippen LogP contribution in [0.3, 0.4) is 0 Å². The number of nitrogens with one attached hydrogen (secondary N) is 13. The lowest BCUT2D eigenvalue weighted by Gasteiger charge is -2.30. The summed E-state index contributed by atoms with van der Waals surface area (Å²) in [7, 11) is 0. The van der Waals surface area contributed by atoms with Gasteiger partial charge in [-0.15, -0.1) is 0 Å². The third kappa shape index (κ3) is 18.1. The van der Waals surface area contributed by atoms with Gasteiger partial charge in [0.2, 0.25) is 65.0 Å². The molecule has 32 heteroatoms. The second-order valence-electron chi connectivity index (χ2n) is 22.2. The number of unbranched alkanes of at least 4 members (excludes halogenated alkanes) is 1. The summed E-state index contributed by atoms with van der Waals surface area (Å²) in [5, 5.41) is 45.2. The predicted molar refractivity (Wildman–Crippen MR) is 322 cm³/mol. The van der Waals surface area contributed by atoms with Gasteiger partial charge in [0, 0.05) is 96.6 Å². The molecule has 0 bridgehead atoms. The maximum atomic E-state index is 14.7. The minimum Gasteiger partial charge on any atom is -0.481 e. The van der Waals surface area contributed by atoms with Crippen LogP contribution in [0.25, 0.3) is 21.8 Å². The number of H-pyrrole nitrogens is 4. The number of carbonyl (C=O) groups excluding carboxylic acids is 11. The van der Waals surface area contributed by atoms with E-state index in [1.165, 1.54) is 29.9 Å². The quantitative estimate of drug-likeness (QED) is 0.0176. The molecular formula is C59H74N18O14. The number of imidazole rings is 2. The Bertz CT molecular complexity index is 3590. The van der Waals surface area contributed by atoms with E-state index in [1.807, 2.05) is 0 Å². The Morgan fingerprint density at radius 2 is 1.10 bits per heavy atom. The van der Waals surface area contributed by atoms with Crippen LogP contribution < -0.4 is 59.3 Å². The molecule has 8 rings (SSSR count). The first-order chi connectivity index (χ1) is 43.8. The standard InChI is InChI=1S/C59H74N18O14/c60-16-6-5-12-40(59(91)77-17-7-13-47(77)58(90)66-27-48(61)79)70-52(84)41(18-31-23-64-37-10-3-1-8-35(31)37)72-56(88)45(22-50(81)82)75-55(87)44(21-34-26-63-30-68-34)74-57(89)46(28-78)76-53(85)42(19-32-24-65-38-11-4-2-9-36(32)38)71-54(86)43(20-33-25-62-29-67-33)73-51(83)39-14-15-49(80)69-39/h1-4,8-11,23-26,29-30,39-47,64-65,78H,5-7,12-22,27-28,60H2,(H2,61,79)(H,62,67)(H,63,68)(H,66,90)(H,69,80)(H,70,84)(H,71,86)(H,72,88)(H,73,83)(H,74,89)(H,75,87)(H,76,85)(H,81,82)/t39-,40-,41-,42-,43-,44-,45-,46-,47-/m0/s1. The van der Waals surface area contributed by atoms with E-state index in [9.17, 15) is 67.7 Å². The number of nitrogens with two attached hydrogens (primary N) is 2. The number of aliphatic carboxylic acids is 1. The van der Waals surface area contributed by atoms with E-state index in [4.69, 9.17) is 11.5 Å². The highest BCUT2D eigenvalue weighted by Gasteiger charge is 2.40. The molecule has 19 N–H and O–H groups in total. The largest absolute Gasteiger partial charge is 0.481 e. The molecule has 2 aromatic carbocycles. The maximum absolute atomic E-state index is 14.7. The van der Waals surface area contributed by atoms with Gasteiger partial charge < -0.3 is 94.4 Å². The van der Waals surface area contributed by atoms with Gasteiger partial charge in [0.15, 0.2) is 0 Å². The number of nitrogens with zero attached hydrogens (tertiary/aromatic N) is 3. The van der Waals surface area contributed by atoms with Gasteiger partial charge in [-0.05, 0) is 68.3 Å². The van der Waals surface area contributed by atoms with Crippen molar-refractivity contribution in [1.82, 2.24) is 82.7 Å². The molecular weight excluding hydrogens is 1180 g/mol. The van der Waals surface area contributed by atoms with Crippen LogP contribution >= 0.6 is 0 Å². The number of primary amides is 1. The molecule has 2 saturated heterocycles. The van der Waals surface area contributed by atoms with Crippen molar-refractivity contribution in [2.75, 3.05) is 26.2 Å². The lowest BCUT2D eigenvalue weighted by atomic mass is 10.0. The summed E-state index contributed by atoms with van der Waals surface area (Å²) in [4.78, 5) is 185. The van der Waals surface area contributed by atoms with E-state index >= 15 is 0 Å².